The van der Waals surface area contributed by atoms with Crippen molar-refractivity contribution in [2.45, 2.75) is 45.1 Å². The lowest BCUT2D eigenvalue weighted by Crippen LogP contribution is -2.35. The predicted molar refractivity (Wildman–Crippen MR) is 49.2 cm³/mol. The quantitative estimate of drug-likeness (QED) is 0.665. The SMILES string of the molecule is CCOC(=O)C1CCCC(C)(O)C1. The van der Waals surface area contributed by atoms with Crippen molar-refractivity contribution in [3.05, 3.63) is 0 Å². The van der Waals surface area contributed by atoms with Crippen LogP contribution in [0.4, 0.5) is 0 Å². The standard InChI is InChI=1S/C10H18O3/c1-3-13-9(11)8-5-4-6-10(2,12)7-8/h8,12H,3-7H2,1-2H3. The monoisotopic (exact) mass is 186 g/mol. The molecule has 1 saturated carbocycles. The molecule has 0 aromatic heterocycles. The van der Waals surface area contributed by atoms with Gasteiger partial charge in [0.15, 0.2) is 0 Å². The summed E-state index contributed by atoms with van der Waals surface area (Å²) in [5.74, 6) is -0.244. The second kappa shape index (κ2) is 4.09. The second-order valence-corrected chi connectivity index (χ2v) is 4.04. The number of carbonyl (C=O) groups excluding carboxylic acids is 1. The molecule has 0 aromatic carbocycles. The number of esters is 1. The van der Waals surface area contributed by atoms with Crippen molar-refractivity contribution in [1.82, 2.24) is 0 Å². The molecular formula is C10H18O3. The van der Waals surface area contributed by atoms with Crippen LogP contribution in [0.2, 0.25) is 0 Å². The van der Waals surface area contributed by atoms with Crippen molar-refractivity contribution in [1.29, 1.82) is 0 Å². The molecule has 0 radical (unpaired) electrons. The van der Waals surface area contributed by atoms with Gasteiger partial charge < -0.3 is 9.84 Å². The molecule has 1 fully saturated rings. The Morgan fingerprint density at radius 3 is 2.92 bits per heavy atom. The Labute approximate surface area is 79.1 Å². The van der Waals surface area contributed by atoms with Gasteiger partial charge in [0, 0.05) is 0 Å². The Bertz CT molecular complexity index is 187. The third-order valence-electron chi connectivity index (χ3n) is 2.57. The first-order chi connectivity index (χ1) is 6.05. The zero-order valence-electron chi connectivity index (χ0n) is 8.38. The van der Waals surface area contributed by atoms with E-state index in [-0.39, 0.29) is 11.9 Å². The van der Waals surface area contributed by atoms with E-state index in [2.05, 4.69) is 0 Å². The first kappa shape index (κ1) is 10.5. The summed E-state index contributed by atoms with van der Waals surface area (Å²) in [6.07, 6.45) is 3.11. The van der Waals surface area contributed by atoms with E-state index in [1.54, 1.807) is 13.8 Å². The van der Waals surface area contributed by atoms with Gasteiger partial charge in [0.2, 0.25) is 0 Å². The van der Waals surface area contributed by atoms with Crippen LogP contribution >= 0.6 is 0 Å². The van der Waals surface area contributed by atoms with Crippen molar-refractivity contribution < 1.29 is 14.6 Å². The van der Waals surface area contributed by atoms with Crippen LogP contribution in [0.15, 0.2) is 0 Å². The molecule has 2 unspecified atom stereocenters. The molecule has 0 aromatic rings. The summed E-state index contributed by atoms with van der Waals surface area (Å²) in [7, 11) is 0. The third kappa shape index (κ3) is 2.99. The van der Waals surface area contributed by atoms with E-state index in [9.17, 15) is 9.90 Å². The number of rotatable bonds is 2. The number of aliphatic hydroxyl groups is 1. The molecule has 0 heterocycles. The van der Waals surface area contributed by atoms with E-state index in [4.69, 9.17) is 4.74 Å². The number of ether oxygens (including phenoxy) is 1. The highest BCUT2D eigenvalue weighted by Crippen LogP contribution is 2.32. The number of hydrogen-bond acceptors (Lipinski definition) is 3. The second-order valence-electron chi connectivity index (χ2n) is 4.04. The molecule has 0 saturated heterocycles. The fourth-order valence-corrected chi connectivity index (χ4v) is 1.93. The van der Waals surface area contributed by atoms with Crippen LogP contribution in [0.25, 0.3) is 0 Å². The van der Waals surface area contributed by atoms with Crippen molar-refractivity contribution in [3.63, 3.8) is 0 Å². The normalized spacial score (nSPS) is 34.2. The zero-order chi connectivity index (χ0) is 9.90. The summed E-state index contributed by atoms with van der Waals surface area (Å²) >= 11 is 0. The van der Waals surface area contributed by atoms with Gasteiger partial charge >= 0.3 is 5.97 Å². The smallest absolute Gasteiger partial charge is 0.309 e. The van der Waals surface area contributed by atoms with E-state index >= 15 is 0 Å². The van der Waals surface area contributed by atoms with Crippen LogP contribution in [0.5, 0.6) is 0 Å². The maximum absolute atomic E-state index is 11.4. The average molecular weight is 186 g/mol. The van der Waals surface area contributed by atoms with E-state index in [0.717, 1.165) is 19.3 Å². The first-order valence-electron chi connectivity index (χ1n) is 4.94. The van der Waals surface area contributed by atoms with Crippen molar-refractivity contribution in [2.24, 2.45) is 5.92 Å². The van der Waals surface area contributed by atoms with Crippen molar-refractivity contribution >= 4 is 5.97 Å². The Morgan fingerprint density at radius 1 is 1.69 bits per heavy atom. The predicted octanol–water partition coefficient (Wildman–Crippen LogP) is 1.49. The first-order valence-corrected chi connectivity index (χ1v) is 4.94. The maximum Gasteiger partial charge on any atom is 0.309 e. The van der Waals surface area contributed by atoms with Gasteiger partial charge in [-0.25, -0.2) is 0 Å². The van der Waals surface area contributed by atoms with E-state index in [1.165, 1.54) is 0 Å². The van der Waals surface area contributed by atoms with Crippen LogP contribution in [-0.4, -0.2) is 23.3 Å². The van der Waals surface area contributed by atoms with Crippen LogP contribution in [0, 0.1) is 5.92 Å². The molecule has 0 amide bonds. The molecule has 1 aliphatic carbocycles. The molecule has 1 rings (SSSR count). The highest BCUT2D eigenvalue weighted by molar-refractivity contribution is 5.72. The Balaban J connectivity index is 2.47. The average Bonchev–Trinajstić information content (AvgIpc) is 2.03. The van der Waals surface area contributed by atoms with Crippen LogP contribution < -0.4 is 0 Å². The minimum Gasteiger partial charge on any atom is -0.466 e. The van der Waals surface area contributed by atoms with Crippen LogP contribution in [0.1, 0.15) is 39.5 Å². The molecular weight excluding hydrogens is 168 g/mol. The van der Waals surface area contributed by atoms with Gasteiger partial charge in [0.05, 0.1) is 18.1 Å². The van der Waals surface area contributed by atoms with Gasteiger partial charge in [-0.05, 0) is 39.5 Å². The molecule has 0 bridgehead atoms. The molecule has 1 aliphatic rings. The molecule has 3 nitrogen and oxygen atoms in total. The summed E-state index contributed by atoms with van der Waals surface area (Å²) in [5.41, 5.74) is -0.671. The molecule has 3 heteroatoms. The third-order valence-corrected chi connectivity index (χ3v) is 2.57. The van der Waals surface area contributed by atoms with E-state index in [0.29, 0.717) is 13.0 Å². The largest absolute Gasteiger partial charge is 0.466 e. The topological polar surface area (TPSA) is 46.5 Å². The molecule has 2 atom stereocenters. The summed E-state index contributed by atoms with van der Waals surface area (Å²) in [6, 6.07) is 0. The lowest BCUT2D eigenvalue weighted by atomic mass is 9.79. The van der Waals surface area contributed by atoms with Gasteiger partial charge in [-0.15, -0.1) is 0 Å². The molecule has 1 N–H and O–H groups in total. The number of hydrogen-bond donors (Lipinski definition) is 1. The summed E-state index contributed by atoms with van der Waals surface area (Å²) < 4.78 is 4.92. The van der Waals surface area contributed by atoms with Gasteiger partial charge in [0.1, 0.15) is 0 Å². The summed E-state index contributed by atoms with van der Waals surface area (Å²) in [6.45, 7) is 4.02. The highest BCUT2D eigenvalue weighted by atomic mass is 16.5. The number of carbonyl (C=O) groups is 1. The summed E-state index contributed by atoms with van der Waals surface area (Å²) in [4.78, 5) is 11.4. The Morgan fingerprint density at radius 2 is 2.38 bits per heavy atom. The van der Waals surface area contributed by atoms with Crippen LogP contribution in [-0.2, 0) is 9.53 Å². The zero-order valence-corrected chi connectivity index (χ0v) is 8.38. The van der Waals surface area contributed by atoms with Gasteiger partial charge in [0.25, 0.3) is 0 Å². The van der Waals surface area contributed by atoms with Crippen LogP contribution in [0.3, 0.4) is 0 Å². The van der Waals surface area contributed by atoms with Crippen molar-refractivity contribution in [2.75, 3.05) is 6.61 Å². The molecule has 76 valence electrons. The molecule has 0 aliphatic heterocycles. The van der Waals surface area contributed by atoms with E-state index in [1.807, 2.05) is 0 Å². The Hall–Kier alpha value is -0.570. The minimum absolute atomic E-state index is 0.0938. The fourth-order valence-electron chi connectivity index (χ4n) is 1.93. The lowest BCUT2D eigenvalue weighted by Gasteiger charge is -2.32. The highest BCUT2D eigenvalue weighted by Gasteiger charge is 2.34. The van der Waals surface area contributed by atoms with E-state index < -0.39 is 5.60 Å². The minimum atomic E-state index is -0.671. The maximum atomic E-state index is 11.4. The lowest BCUT2D eigenvalue weighted by molar-refractivity contribution is -0.152. The fraction of sp³-hybridized carbons (Fsp3) is 0.900. The van der Waals surface area contributed by atoms with Gasteiger partial charge in [-0.3, -0.25) is 4.79 Å². The molecule has 13 heavy (non-hydrogen) atoms. The Kier molecular flexibility index (Phi) is 3.31. The van der Waals surface area contributed by atoms with Gasteiger partial charge in [-0.1, -0.05) is 0 Å². The molecule has 0 spiro atoms. The summed E-state index contributed by atoms with van der Waals surface area (Å²) in [5, 5.41) is 9.75. The van der Waals surface area contributed by atoms with Crippen molar-refractivity contribution in [3.8, 4) is 0 Å². The van der Waals surface area contributed by atoms with Gasteiger partial charge in [-0.2, -0.15) is 0 Å².